The normalized spacial score (nSPS) is 14.9. The molecule has 14 heteroatoms. The number of hydrogen-bond donors (Lipinski definition) is 0. The average Bonchev–Trinajstić information content (AvgIpc) is 3.30. The van der Waals surface area contributed by atoms with Gasteiger partial charge in [0.1, 0.15) is 12.4 Å². The summed E-state index contributed by atoms with van der Waals surface area (Å²) >= 11 is 16.5. The summed E-state index contributed by atoms with van der Waals surface area (Å²) in [6, 6.07) is 16.2. The molecule has 0 saturated carbocycles. The molecule has 7 nitrogen and oxygen atoms in total. The minimum atomic E-state index is -5.04. The minimum absolute atomic E-state index is 0.0109. The Morgan fingerprint density at radius 3 is 2.44 bits per heavy atom. The predicted molar refractivity (Wildman–Crippen MR) is 167 cm³/mol. The number of esters is 1. The molecular formula is C31H19BrCl2F3N3O4S. The quantitative estimate of drug-likeness (QED) is 0.193. The number of nitrogens with zero attached hydrogens (tertiary/aromatic N) is 3. The zero-order valence-corrected chi connectivity index (χ0v) is 26.9. The van der Waals surface area contributed by atoms with Gasteiger partial charge in [0.05, 0.1) is 38.9 Å². The van der Waals surface area contributed by atoms with E-state index >= 15 is 0 Å². The van der Waals surface area contributed by atoms with Crippen LogP contribution in [0.1, 0.15) is 35.2 Å². The number of nitriles is 1. The second-order valence-corrected chi connectivity index (χ2v) is 12.3. The molecule has 1 aromatic heterocycles. The molecule has 1 aliphatic heterocycles. The zero-order chi connectivity index (χ0) is 32.5. The molecule has 4 aromatic rings. The van der Waals surface area contributed by atoms with Gasteiger partial charge in [-0.15, -0.1) is 0 Å². The molecule has 230 valence electrons. The van der Waals surface area contributed by atoms with Crippen LogP contribution in [0.4, 0.5) is 13.2 Å². The Kier molecular flexibility index (Phi) is 9.55. The van der Waals surface area contributed by atoms with Crippen molar-refractivity contribution in [3.05, 3.63) is 128 Å². The molecule has 5 rings (SSSR count). The number of fused-ring (bicyclic) bond motifs is 1. The molecular weight excluding hydrogens is 718 g/mol. The summed E-state index contributed by atoms with van der Waals surface area (Å²) in [6.45, 7) is 1.37. The Balaban J connectivity index is 1.69. The number of halogens is 6. The van der Waals surface area contributed by atoms with E-state index in [4.69, 9.17) is 37.9 Å². The van der Waals surface area contributed by atoms with Gasteiger partial charge in [0.15, 0.2) is 10.5 Å². The van der Waals surface area contributed by atoms with E-state index in [0.29, 0.717) is 42.7 Å². The fraction of sp³-hybridized carbons (Fsp3) is 0.161. The van der Waals surface area contributed by atoms with Crippen molar-refractivity contribution in [3.63, 3.8) is 0 Å². The number of thiazole rings is 1. The molecule has 0 unspecified atom stereocenters. The van der Waals surface area contributed by atoms with Gasteiger partial charge in [-0.2, -0.15) is 18.4 Å². The fourth-order valence-electron chi connectivity index (χ4n) is 4.61. The van der Waals surface area contributed by atoms with E-state index < -0.39 is 35.0 Å². The van der Waals surface area contributed by atoms with Gasteiger partial charge in [-0.1, -0.05) is 58.8 Å². The van der Waals surface area contributed by atoms with E-state index in [-0.39, 0.29) is 28.1 Å². The maximum Gasteiger partial charge on any atom is 0.434 e. The van der Waals surface area contributed by atoms with Gasteiger partial charge in [0.25, 0.3) is 5.56 Å². The highest BCUT2D eigenvalue weighted by atomic mass is 79.9. The van der Waals surface area contributed by atoms with Crippen LogP contribution in [0.25, 0.3) is 6.08 Å². The Bertz CT molecular complexity index is 2050. The van der Waals surface area contributed by atoms with Crippen molar-refractivity contribution in [2.75, 3.05) is 6.61 Å². The highest BCUT2D eigenvalue weighted by molar-refractivity contribution is 9.10. The second kappa shape index (κ2) is 13.2. The van der Waals surface area contributed by atoms with E-state index in [1.165, 1.54) is 37.3 Å². The molecule has 0 aliphatic carbocycles. The molecule has 3 aromatic carbocycles. The smallest absolute Gasteiger partial charge is 0.434 e. The van der Waals surface area contributed by atoms with Crippen LogP contribution in [0.15, 0.2) is 86.2 Å². The van der Waals surface area contributed by atoms with Gasteiger partial charge >= 0.3 is 12.1 Å². The van der Waals surface area contributed by atoms with Gasteiger partial charge in [-0.3, -0.25) is 9.36 Å². The Labute approximate surface area is 276 Å². The Morgan fingerprint density at radius 1 is 1.13 bits per heavy atom. The third-order valence-corrected chi connectivity index (χ3v) is 8.61. The van der Waals surface area contributed by atoms with Crippen LogP contribution in [-0.2, 0) is 16.1 Å². The standard InChI is InChI=1S/C31H19BrCl2F3N3O4S/c1-2-43-29(42)24-25(18-7-9-20(33)10-8-18)40-28(41)23(45-30(40)39-27(24)31(35,36)37)12-19-11-21(34)13-22(32)26(19)44-15-17-5-3-16(14-38)4-6-17/h3-13,25H,2,15H2,1H3/b23-12-/t25-/m0/s1. The molecule has 0 radical (unpaired) electrons. The van der Waals surface area contributed by atoms with Crippen molar-refractivity contribution in [1.29, 1.82) is 5.26 Å². The Hall–Kier alpha value is -3.89. The lowest BCUT2D eigenvalue weighted by atomic mass is 9.95. The topological polar surface area (TPSA) is 93.7 Å². The first kappa shape index (κ1) is 32.5. The van der Waals surface area contributed by atoms with E-state index in [9.17, 15) is 22.8 Å². The summed E-state index contributed by atoms with van der Waals surface area (Å²) in [4.78, 5) is 30.5. The molecule has 0 N–H and O–H groups in total. The number of aromatic nitrogens is 1. The third-order valence-electron chi connectivity index (χ3n) is 6.57. The van der Waals surface area contributed by atoms with Crippen LogP contribution >= 0.6 is 50.5 Å². The van der Waals surface area contributed by atoms with Crippen LogP contribution < -0.4 is 19.6 Å². The predicted octanol–water partition coefficient (Wildman–Crippen LogP) is 6.86. The van der Waals surface area contributed by atoms with E-state index in [0.717, 1.165) is 10.1 Å². The summed E-state index contributed by atoms with van der Waals surface area (Å²) in [6.07, 6.45) is -3.60. The highest BCUT2D eigenvalue weighted by Gasteiger charge is 2.45. The third kappa shape index (κ3) is 6.87. The first-order chi connectivity index (χ1) is 21.4. The van der Waals surface area contributed by atoms with Gasteiger partial charge in [0.2, 0.25) is 0 Å². The lowest BCUT2D eigenvalue weighted by Crippen LogP contribution is -2.41. The summed E-state index contributed by atoms with van der Waals surface area (Å²) in [7, 11) is 0. The number of hydrogen-bond acceptors (Lipinski definition) is 7. The molecule has 0 spiro atoms. The number of carbonyl (C=O) groups excluding carboxylic acids is 1. The van der Waals surface area contributed by atoms with Gasteiger partial charge < -0.3 is 9.47 Å². The lowest BCUT2D eigenvalue weighted by Gasteiger charge is -2.26. The summed E-state index contributed by atoms with van der Waals surface area (Å²) in [5.41, 5.74) is -1.17. The number of allylic oxidation sites excluding steroid dienone is 1. The molecule has 0 saturated heterocycles. The second-order valence-electron chi connectivity index (χ2n) is 9.52. The van der Waals surface area contributed by atoms with Crippen molar-refractivity contribution >= 4 is 62.5 Å². The van der Waals surface area contributed by atoms with E-state index in [1.54, 1.807) is 36.4 Å². The van der Waals surface area contributed by atoms with Crippen molar-refractivity contribution in [2.24, 2.45) is 4.99 Å². The fourth-order valence-corrected chi connectivity index (χ4v) is 6.68. The first-order valence-electron chi connectivity index (χ1n) is 13.1. The summed E-state index contributed by atoms with van der Waals surface area (Å²) in [5.74, 6) is -0.938. The summed E-state index contributed by atoms with van der Waals surface area (Å²) in [5, 5.41) is 9.66. The highest BCUT2D eigenvalue weighted by Crippen LogP contribution is 2.39. The molecule has 2 heterocycles. The molecule has 1 aliphatic rings. The SMILES string of the molecule is CCOC(=O)C1=C(C(F)(F)F)N=c2s/c(=C\c3cc(Cl)cc(Br)c3OCc3ccc(C#N)cc3)c(=O)n2[C@H]1c1ccc(Cl)cc1. The maximum absolute atomic E-state index is 14.4. The van der Waals surface area contributed by atoms with E-state index in [2.05, 4.69) is 20.9 Å². The van der Waals surface area contributed by atoms with Crippen LogP contribution in [0.2, 0.25) is 10.0 Å². The van der Waals surface area contributed by atoms with E-state index in [1.807, 2.05) is 6.07 Å². The largest absolute Gasteiger partial charge is 0.487 e. The number of benzene rings is 3. The number of ether oxygens (including phenoxy) is 2. The van der Waals surface area contributed by atoms with Crippen molar-refractivity contribution < 1.29 is 27.4 Å². The molecule has 0 amide bonds. The van der Waals surface area contributed by atoms with Crippen molar-refractivity contribution in [3.8, 4) is 11.8 Å². The van der Waals surface area contributed by atoms with Gasteiger partial charge in [-0.25, -0.2) is 9.79 Å². The van der Waals surface area contributed by atoms with Gasteiger partial charge in [-0.05, 0) is 76.5 Å². The number of alkyl halides is 3. The Morgan fingerprint density at radius 2 is 1.82 bits per heavy atom. The van der Waals surface area contributed by atoms with Crippen molar-refractivity contribution in [1.82, 2.24) is 4.57 Å². The average molecular weight is 737 g/mol. The summed E-state index contributed by atoms with van der Waals surface area (Å²) < 4.78 is 55.7. The van der Waals surface area contributed by atoms with Crippen LogP contribution in [0.3, 0.4) is 0 Å². The molecule has 1 atom stereocenters. The number of rotatable bonds is 7. The van der Waals surface area contributed by atoms with Gasteiger partial charge in [0, 0.05) is 15.6 Å². The molecule has 0 bridgehead atoms. The lowest BCUT2D eigenvalue weighted by molar-refractivity contribution is -0.140. The van der Waals surface area contributed by atoms with Crippen LogP contribution in [0.5, 0.6) is 5.75 Å². The first-order valence-corrected chi connectivity index (χ1v) is 15.4. The zero-order valence-electron chi connectivity index (χ0n) is 23.0. The monoisotopic (exact) mass is 735 g/mol. The minimum Gasteiger partial charge on any atom is -0.487 e. The van der Waals surface area contributed by atoms with Crippen LogP contribution in [0, 0.1) is 11.3 Å². The molecule has 0 fully saturated rings. The van der Waals surface area contributed by atoms with Crippen LogP contribution in [-0.4, -0.2) is 23.3 Å². The number of carbonyl (C=O) groups is 1. The maximum atomic E-state index is 14.4. The molecule has 45 heavy (non-hydrogen) atoms. The van der Waals surface area contributed by atoms with Crippen molar-refractivity contribution in [2.45, 2.75) is 25.7 Å².